The number of nitrogens with zero attached hydrogens (tertiary/aromatic N) is 3. The van der Waals surface area contributed by atoms with Crippen molar-refractivity contribution in [3.8, 4) is 0 Å². The summed E-state index contributed by atoms with van der Waals surface area (Å²) in [6.45, 7) is 3.44. The Kier molecular flexibility index (Phi) is 4.24. The summed E-state index contributed by atoms with van der Waals surface area (Å²) in [6, 6.07) is 7.75. The number of carbonyl (C=O) groups excluding carboxylic acids is 1. The third-order valence-corrected chi connectivity index (χ3v) is 4.18. The van der Waals surface area contributed by atoms with Gasteiger partial charge < -0.3 is 10.0 Å². The Hall–Kier alpha value is -2.14. The summed E-state index contributed by atoms with van der Waals surface area (Å²) in [5, 5.41) is 14.0. The molecule has 22 heavy (non-hydrogen) atoms. The Morgan fingerprint density at radius 3 is 3.00 bits per heavy atom. The molecule has 1 amide bonds. The van der Waals surface area contributed by atoms with E-state index in [2.05, 4.69) is 18.1 Å². The number of aliphatic hydroxyl groups excluding tert-OH is 1. The molecule has 1 aromatic heterocycles. The third-order valence-electron chi connectivity index (χ3n) is 4.18. The van der Waals surface area contributed by atoms with Crippen molar-refractivity contribution in [2.45, 2.75) is 32.4 Å². The van der Waals surface area contributed by atoms with E-state index < -0.39 is 0 Å². The molecule has 116 valence electrons. The van der Waals surface area contributed by atoms with Gasteiger partial charge in [0.1, 0.15) is 0 Å². The van der Waals surface area contributed by atoms with Crippen LogP contribution in [-0.4, -0.2) is 38.8 Å². The van der Waals surface area contributed by atoms with Gasteiger partial charge in [0.25, 0.3) is 5.91 Å². The van der Waals surface area contributed by atoms with Crippen molar-refractivity contribution in [1.82, 2.24) is 14.7 Å². The van der Waals surface area contributed by atoms with E-state index >= 15 is 0 Å². The molecule has 1 aromatic carbocycles. The van der Waals surface area contributed by atoms with Crippen LogP contribution in [0.5, 0.6) is 0 Å². The first-order chi connectivity index (χ1) is 10.7. The van der Waals surface area contributed by atoms with Crippen LogP contribution < -0.4 is 0 Å². The van der Waals surface area contributed by atoms with Gasteiger partial charge in [0.15, 0.2) is 0 Å². The number of amides is 1. The van der Waals surface area contributed by atoms with E-state index in [1.54, 1.807) is 22.0 Å². The molecule has 1 aliphatic heterocycles. The highest BCUT2D eigenvalue weighted by Crippen LogP contribution is 2.30. The van der Waals surface area contributed by atoms with Crippen LogP contribution >= 0.6 is 0 Å². The molecular weight excluding hydrogens is 278 g/mol. The number of fused-ring (bicyclic) bond motifs is 1. The molecule has 0 saturated carbocycles. The second-order valence-corrected chi connectivity index (χ2v) is 5.64. The number of aromatic nitrogens is 2. The lowest BCUT2D eigenvalue weighted by Gasteiger charge is -2.36. The first-order valence-electron chi connectivity index (χ1n) is 7.76. The molecule has 0 radical (unpaired) electrons. The van der Waals surface area contributed by atoms with E-state index in [1.807, 2.05) is 18.2 Å². The number of hydrogen-bond donors (Lipinski definition) is 1. The van der Waals surface area contributed by atoms with Crippen molar-refractivity contribution in [1.29, 1.82) is 0 Å². The van der Waals surface area contributed by atoms with Gasteiger partial charge in [-0.05, 0) is 24.0 Å². The van der Waals surface area contributed by atoms with Gasteiger partial charge in [-0.3, -0.25) is 9.48 Å². The first kappa shape index (κ1) is 14.8. The molecule has 1 N–H and O–H groups in total. The summed E-state index contributed by atoms with van der Waals surface area (Å²) in [6.07, 6.45) is 5.21. The molecule has 0 saturated heterocycles. The van der Waals surface area contributed by atoms with Crippen LogP contribution in [0.2, 0.25) is 0 Å². The van der Waals surface area contributed by atoms with Gasteiger partial charge in [0.2, 0.25) is 0 Å². The molecule has 0 spiro atoms. The van der Waals surface area contributed by atoms with Crippen molar-refractivity contribution in [3.63, 3.8) is 0 Å². The van der Waals surface area contributed by atoms with Crippen molar-refractivity contribution in [2.75, 3.05) is 13.2 Å². The van der Waals surface area contributed by atoms with Gasteiger partial charge in [-0.1, -0.05) is 31.2 Å². The largest absolute Gasteiger partial charge is 0.394 e. The van der Waals surface area contributed by atoms with Gasteiger partial charge in [-0.2, -0.15) is 5.10 Å². The van der Waals surface area contributed by atoms with E-state index in [9.17, 15) is 9.90 Å². The summed E-state index contributed by atoms with van der Waals surface area (Å²) in [5.41, 5.74) is 2.85. The fourth-order valence-electron chi connectivity index (χ4n) is 3.08. The average Bonchev–Trinajstić information content (AvgIpc) is 3.02. The zero-order chi connectivity index (χ0) is 15.5. The Morgan fingerprint density at radius 2 is 2.23 bits per heavy atom. The fraction of sp³-hybridized carbons (Fsp3) is 0.412. The van der Waals surface area contributed by atoms with Crippen LogP contribution in [0.15, 0.2) is 36.7 Å². The highest BCUT2D eigenvalue weighted by molar-refractivity contribution is 5.94. The first-order valence-corrected chi connectivity index (χ1v) is 7.76. The molecule has 2 heterocycles. The minimum Gasteiger partial charge on any atom is -0.394 e. The molecular formula is C17H21N3O2. The predicted molar refractivity (Wildman–Crippen MR) is 83.5 cm³/mol. The maximum atomic E-state index is 12.8. The zero-order valence-electron chi connectivity index (χ0n) is 12.8. The van der Waals surface area contributed by atoms with Crippen LogP contribution in [0.4, 0.5) is 0 Å². The van der Waals surface area contributed by atoms with E-state index in [-0.39, 0.29) is 18.6 Å². The number of aliphatic hydroxyl groups is 1. The average molecular weight is 299 g/mol. The molecule has 0 unspecified atom stereocenters. The molecule has 0 fully saturated rings. The molecule has 5 heteroatoms. The molecule has 1 aliphatic rings. The number of rotatable bonds is 4. The van der Waals surface area contributed by atoms with Crippen LogP contribution in [0.25, 0.3) is 0 Å². The fourth-order valence-corrected chi connectivity index (χ4v) is 3.08. The Bertz CT molecular complexity index is 665. The summed E-state index contributed by atoms with van der Waals surface area (Å²) in [4.78, 5) is 14.5. The van der Waals surface area contributed by atoms with Crippen LogP contribution in [-0.2, 0) is 13.0 Å². The molecule has 3 rings (SSSR count). The summed E-state index contributed by atoms with van der Waals surface area (Å²) in [7, 11) is 0. The molecule has 5 nitrogen and oxygen atoms in total. The quantitative estimate of drug-likeness (QED) is 0.939. The smallest absolute Gasteiger partial charge is 0.257 e. The topological polar surface area (TPSA) is 58.4 Å². The number of carbonyl (C=O) groups is 1. The standard InChI is InChI=1S/C17H21N3O2/c1-2-8-19-11-14(10-18-19)17(22)20-9-7-13-5-3-4-6-15(13)16(20)12-21/h3-6,10-11,16,21H,2,7-9,12H2,1H3/t16-/m1/s1. The minimum atomic E-state index is -0.271. The maximum absolute atomic E-state index is 12.8. The van der Waals surface area contributed by atoms with E-state index in [4.69, 9.17) is 0 Å². The lowest BCUT2D eigenvalue weighted by atomic mass is 9.92. The van der Waals surface area contributed by atoms with Gasteiger partial charge in [-0.25, -0.2) is 0 Å². The summed E-state index contributed by atoms with van der Waals surface area (Å²) in [5.74, 6) is -0.0593. The number of benzene rings is 1. The van der Waals surface area contributed by atoms with Gasteiger partial charge in [0.05, 0.1) is 24.4 Å². The second-order valence-electron chi connectivity index (χ2n) is 5.64. The lowest BCUT2D eigenvalue weighted by Crippen LogP contribution is -2.41. The SMILES string of the molecule is CCCn1cc(C(=O)N2CCc3ccccc3[C@H]2CO)cn1. The summed E-state index contributed by atoms with van der Waals surface area (Å²) < 4.78 is 1.79. The Morgan fingerprint density at radius 1 is 1.41 bits per heavy atom. The zero-order valence-corrected chi connectivity index (χ0v) is 12.8. The maximum Gasteiger partial charge on any atom is 0.257 e. The highest BCUT2D eigenvalue weighted by atomic mass is 16.3. The second kappa shape index (κ2) is 6.32. The minimum absolute atomic E-state index is 0.0593. The van der Waals surface area contributed by atoms with E-state index in [0.29, 0.717) is 12.1 Å². The predicted octanol–water partition coefficient (Wildman–Crippen LogP) is 2.02. The monoisotopic (exact) mass is 299 g/mol. The molecule has 1 atom stereocenters. The van der Waals surface area contributed by atoms with E-state index in [1.165, 1.54) is 5.56 Å². The van der Waals surface area contributed by atoms with Crippen molar-refractivity contribution in [2.24, 2.45) is 0 Å². The Labute approximate surface area is 130 Å². The van der Waals surface area contributed by atoms with Gasteiger partial charge >= 0.3 is 0 Å². The number of aryl methyl sites for hydroxylation is 1. The summed E-state index contributed by atoms with van der Waals surface area (Å²) >= 11 is 0. The van der Waals surface area contributed by atoms with Crippen LogP contribution in [0.1, 0.15) is 40.9 Å². The highest BCUT2D eigenvalue weighted by Gasteiger charge is 2.31. The lowest BCUT2D eigenvalue weighted by molar-refractivity contribution is 0.0568. The Balaban J connectivity index is 1.86. The van der Waals surface area contributed by atoms with Crippen LogP contribution in [0, 0.1) is 0 Å². The molecule has 0 aliphatic carbocycles. The molecule has 0 bridgehead atoms. The normalized spacial score (nSPS) is 17.4. The van der Waals surface area contributed by atoms with Crippen molar-refractivity contribution < 1.29 is 9.90 Å². The van der Waals surface area contributed by atoms with Crippen LogP contribution in [0.3, 0.4) is 0 Å². The van der Waals surface area contributed by atoms with Gasteiger partial charge in [0, 0.05) is 19.3 Å². The molecule has 2 aromatic rings. The van der Waals surface area contributed by atoms with Crippen molar-refractivity contribution in [3.05, 3.63) is 53.3 Å². The number of hydrogen-bond acceptors (Lipinski definition) is 3. The van der Waals surface area contributed by atoms with E-state index in [0.717, 1.165) is 24.9 Å². The van der Waals surface area contributed by atoms with Crippen molar-refractivity contribution >= 4 is 5.91 Å². The van der Waals surface area contributed by atoms with Gasteiger partial charge in [-0.15, -0.1) is 0 Å². The third kappa shape index (κ3) is 2.64.